The summed E-state index contributed by atoms with van der Waals surface area (Å²) in [6, 6.07) is 3.24. The Morgan fingerprint density at radius 2 is 2.00 bits per heavy atom. The number of aryl methyl sites for hydroxylation is 1. The van der Waals surface area contributed by atoms with Gasteiger partial charge in [0.25, 0.3) is 0 Å². The molecule has 1 saturated heterocycles. The molecule has 0 aliphatic carbocycles. The van der Waals surface area contributed by atoms with Crippen LogP contribution >= 0.6 is 0 Å². The third-order valence-corrected chi connectivity index (χ3v) is 4.95. The SMILES string of the molecule is Cc1oc(-c2cc(F)cc(F)c2)nc1CN1CCC[C@@H](C(=O)CC(C)C)C1. The van der Waals surface area contributed by atoms with Crippen molar-refractivity contribution >= 4 is 5.78 Å². The number of ketones is 1. The van der Waals surface area contributed by atoms with Crippen LogP contribution < -0.4 is 0 Å². The molecule has 0 bridgehead atoms. The minimum atomic E-state index is -0.662. The number of oxazole rings is 1. The van der Waals surface area contributed by atoms with Gasteiger partial charge >= 0.3 is 0 Å². The Morgan fingerprint density at radius 3 is 2.67 bits per heavy atom. The topological polar surface area (TPSA) is 46.3 Å². The number of benzene rings is 1. The van der Waals surface area contributed by atoms with Gasteiger partial charge in [-0.05, 0) is 44.4 Å². The third kappa shape index (κ3) is 5.01. The van der Waals surface area contributed by atoms with Crippen molar-refractivity contribution in [1.29, 1.82) is 0 Å². The van der Waals surface area contributed by atoms with Crippen LogP contribution in [-0.4, -0.2) is 28.8 Å². The summed E-state index contributed by atoms with van der Waals surface area (Å²) in [5.74, 6) is 0.304. The number of hydrogen-bond acceptors (Lipinski definition) is 4. The van der Waals surface area contributed by atoms with Crippen LogP contribution in [0.1, 0.15) is 44.6 Å². The number of rotatable bonds is 6. The fraction of sp³-hybridized carbons (Fsp3) is 0.524. The summed E-state index contributed by atoms with van der Waals surface area (Å²) in [6.45, 7) is 8.12. The van der Waals surface area contributed by atoms with Crippen LogP contribution in [0.2, 0.25) is 0 Å². The highest BCUT2D eigenvalue weighted by molar-refractivity contribution is 5.81. The molecule has 2 aromatic rings. The molecule has 27 heavy (non-hydrogen) atoms. The quantitative estimate of drug-likeness (QED) is 0.730. The molecule has 3 rings (SSSR count). The highest BCUT2D eigenvalue weighted by Gasteiger charge is 2.27. The second-order valence-electron chi connectivity index (χ2n) is 7.82. The van der Waals surface area contributed by atoms with E-state index >= 15 is 0 Å². The van der Waals surface area contributed by atoms with E-state index in [0.29, 0.717) is 30.4 Å². The first-order valence-electron chi connectivity index (χ1n) is 9.49. The van der Waals surface area contributed by atoms with E-state index < -0.39 is 11.6 Å². The summed E-state index contributed by atoms with van der Waals surface area (Å²) in [6.07, 6.45) is 2.54. The Kier molecular flexibility index (Phi) is 6.05. The minimum Gasteiger partial charge on any atom is -0.441 e. The summed E-state index contributed by atoms with van der Waals surface area (Å²) in [5, 5.41) is 0. The molecule has 0 saturated carbocycles. The molecule has 0 spiro atoms. The number of hydrogen-bond donors (Lipinski definition) is 0. The number of Topliss-reactive ketones (excluding diaryl/α,β-unsaturated/α-hetero) is 1. The highest BCUT2D eigenvalue weighted by atomic mass is 19.1. The second kappa shape index (κ2) is 8.30. The van der Waals surface area contributed by atoms with E-state index in [-0.39, 0.29) is 17.4 Å². The fourth-order valence-electron chi connectivity index (χ4n) is 3.62. The molecule has 1 atom stereocenters. The second-order valence-corrected chi connectivity index (χ2v) is 7.82. The minimum absolute atomic E-state index is 0.0742. The van der Waals surface area contributed by atoms with Crippen LogP contribution in [0.25, 0.3) is 11.5 Å². The van der Waals surface area contributed by atoms with E-state index in [1.54, 1.807) is 6.92 Å². The van der Waals surface area contributed by atoms with Gasteiger partial charge in [0.2, 0.25) is 5.89 Å². The summed E-state index contributed by atoms with van der Waals surface area (Å²) in [4.78, 5) is 19.1. The van der Waals surface area contributed by atoms with Crippen LogP contribution in [0.4, 0.5) is 8.78 Å². The van der Waals surface area contributed by atoms with Gasteiger partial charge in [-0.1, -0.05) is 13.8 Å². The Balaban J connectivity index is 1.70. The maximum absolute atomic E-state index is 13.5. The first-order valence-corrected chi connectivity index (χ1v) is 9.49. The zero-order chi connectivity index (χ0) is 19.6. The van der Waals surface area contributed by atoms with Crippen LogP contribution in [0.5, 0.6) is 0 Å². The van der Waals surface area contributed by atoms with Gasteiger partial charge in [0, 0.05) is 37.1 Å². The normalized spacial score (nSPS) is 18.2. The molecule has 4 nitrogen and oxygen atoms in total. The van der Waals surface area contributed by atoms with E-state index in [9.17, 15) is 13.6 Å². The molecule has 0 N–H and O–H groups in total. The molecular weight excluding hydrogens is 350 g/mol. The fourth-order valence-corrected chi connectivity index (χ4v) is 3.62. The molecule has 146 valence electrons. The maximum atomic E-state index is 13.5. The number of aromatic nitrogens is 1. The van der Waals surface area contributed by atoms with Crippen LogP contribution in [0, 0.1) is 30.4 Å². The van der Waals surface area contributed by atoms with Crippen molar-refractivity contribution in [2.24, 2.45) is 11.8 Å². The number of likely N-dealkylation sites (tertiary alicyclic amines) is 1. The lowest BCUT2D eigenvalue weighted by atomic mass is 9.89. The van der Waals surface area contributed by atoms with Crippen LogP contribution in [0.3, 0.4) is 0 Å². The standard InChI is InChI=1S/C21H26F2N2O2/c1-13(2)7-20(26)15-5-4-6-25(11-15)12-19-14(3)27-21(24-19)16-8-17(22)10-18(23)9-16/h8-10,13,15H,4-7,11-12H2,1-3H3/t15-/m1/s1. The summed E-state index contributed by atoms with van der Waals surface area (Å²) >= 11 is 0. The molecule has 0 amide bonds. The molecule has 1 aromatic carbocycles. The average Bonchev–Trinajstić information content (AvgIpc) is 2.94. The molecule has 1 aliphatic heterocycles. The van der Waals surface area contributed by atoms with Crippen molar-refractivity contribution in [3.8, 4) is 11.5 Å². The molecule has 0 unspecified atom stereocenters. The average molecular weight is 376 g/mol. The van der Waals surface area contributed by atoms with Crippen molar-refractivity contribution in [2.75, 3.05) is 13.1 Å². The predicted molar refractivity (Wildman–Crippen MR) is 99.1 cm³/mol. The third-order valence-electron chi connectivity index (χ3n) is 4.95. The summed E-state index contributed by atoms with van der Waals surface area (Å²) in [7, 11) is 0. The Hall–Kier alpha value is -2.08. The lowest BCUT2D eigenvalue weighted by molar-refractivity contribution is -0.125. The largest absolute Gasteiger partial charge is 0.441 e. The highest BCUT2D eigenvalue weighted by Crippen LogP contribution is 2.26. The van der Waals surface area contributed by atoms with Crippen LogP contribution in [-0.2, 0) is 11.3 Å². The van der Waals surface area contributed by atoms with Crippen molar-refractivity contribution < 1.29 is 18.0 Å². The lowest BCUT2D eigenvalue weighted by Gasteiger charge is -2.31. The van der Waals surface area contributed by atoms with E-state index in [1.165, 1.54) is 12.1 Å². The number of halogens is 2. The predicted octanol–water partition coefficient (Wildman–Crippen LogP) is 4.76. The Morgan fingerprint density at radius 1 is 1.30 bits per heavy atom. The van der Waals surface area contributed by atoms with E-state index in [2.05, 4.69) is 23.7 Å². The molecule has 0 radical (unpaired) electrons. The monoisotopic (exact) mass is 376 g/mol. The Labute approximate surface area is 158 Å². The van der Waals surface area contributed by atoms with Gasteiger partial charge < -0.3 is 4.42 Å². The zero-order valence-corrected chi connectivity index (χ0v) is 16.1. The van der Waals surface area contributed by atoms with Gasteiger partial charge in [-0.25, -0.2) is 13.8 Å². The van der Waals surface area contributed by atoms with Crippen molar-refractivity contribution in [3.05, 3.63) is 41.3 Å². The first-order chi connectivity index (χ1) is 12.8. The molecule has 1 aliphatic rings. The zero-order valence-electron chi connectivity index (χ0n) is 16.1. The van der Waals surface area contributed by atoms with E-state index in [4.69, 9.17) is 4.42 Å². The number of piperidine rings is 1. The van der Waals surface area contributed by atoms with Crippen molar-refractivity contribution in [1.82, 2.24) is 9.88 Å². The smallest absolute Gasteiger partial charge is 0.226 e. The van der Waals surface area contributed by atoms with E-state index in [1.807, 2.05) is 0 Å². The number of carbonyl (C=O) groups excluding carboxylic acids is 1. The summed E-state index contributed by atoms with van der Waals surface area (Å²) < 4.78 is 32.5. The van der Waals surface area contributed by atoms with Gasteiger partial charge in [-0.2, -0.15) is 0 Å². The lowest BCUT2D eigenvalue weighted by Crippen LogP contribution is -2.38. The molecule has 1 fully saturated rings. The number of carbonyl (C=O) groups is 1. The molecule has 2 heterocycles. The van der Waals surface area contributed by atoms with Gasteiger partial charge in [-0.15, -0.1) is 0 Å². The van der Waals surface area contributed by atoms with Gasteiger partial charge in [0.1, 0.15) is 23.2 Å². The first kappa shape index (κ1) is 19.7. The maximum Gasteiger partial charge on any atom is 0.226 e. The van der Waals surface area contributed by atoms with Crippen molar-refractivity contribution in [3.63, 3.8) is 0 Å². The van der Waals surface area contributed by atoms with Gasteiger partial charge in [0.15, 0.2) is 0 Å². The Bertz CT molecular complexity index is 796. The molecule has 6 heteroatoms. The van der Waals surface area contributed by atoms with E-state index in [0.717, 1.165) is 37.7 Å². The van der Waals surface area contributed by atoms with Gasteiger partial charge in [0.05, 0.1) is 5.69 Å². The van der Waals surface area contributed by atoms with Gasteiger partial charge in [-0.3, -0.25) is 9.69 Å². The summed E-state index contributed by atoms with van der Waals surface area (Å²) in [5.41, 5.74) is 1.03. The molecular formula is C21H26F2N2O2. The number of nitrogens with zero attached hydrogens (tertiary/aromatic N) is 2. The van der Waals surface area contributed by atoms with Crippen molar-refractivity contribution in [2.45, 2.75) is 46.6 Å². The molecule has 1 aromatic heterocycles. The van der Waals surface area contributed by atoms with Crippen LogP contribution in [0.15, 0.2) is 22.6 Å².